The molecule has 8 heteroatoms. The van der Waals surface area contributed by atoms with Crippen molar-refractivity contribution in [3.63, 3.8) is 0 Å². The van der Waals surface area contributed by atoms with Crippen molar-refractivity contribution in [2.45, 2.75) is 32.4 Å². The van der Waals surface area contributed by atoms with Gasteiger partial charge in [-0.15, -0.1) is 0 Å². The van der Waals surface area contributed by atoms with Gasteiger partial charge in [0.05, 0.1) is 17.1 Å². The molecule has 0 bridgehead atoms. The first-order chi connectivity index (χ1) is 13.2. The summed E-state index contributed by atoms with van der Waals surface area (Å²) in [5, 5.41) is 1.78. The normalized spacial score (nSPS) is 15.0. The number of likely N-dealkylation sites (tertiary alicyclic amines) is 1. The van der Waals surface area contributed by atoms with Crippen LogP contribution in [-0.4, -0.2) is 45.1 Å². The molecule has 1 aliphatic heterocycles. The van der Waals surface area contributed by atoms with Crippen LogP contribution in [0.15, 0.2) is 30.3 Å². The van der Waals surface area contributed by atoms with E-state index in [1.54, 1.807) is 11.0 Å². The average molecular weight is 381 g/mol. The molecule has 0 aliphatic carbocycles. The van der Waals surface area contributed by atoms with Crippen LogP contribution in [0.2, 0.25) is 0 Å². The molecule has 1 aliphatic rings. The van der Waals surface area contributed by atoms with E-state index in [-0.39, 0.29) is 23.5 Å². The molecular formula is C20H23N5O3. The summed E-state index contributed by atoms with van der Waals surface area (Å²) in [5.74, 6) is -0.504. The van der Waals surface area contributed by atoms with Crippen molar-refractivity contribution in [1.82, 2.24) is 14.5 Å². The smallest absolute Gasteiger partial charge is 0.410 e. The number of aromatic nitrogens is 2. The molecule has 0 atom stereocenters. The Balaban J connectivity index is 1.74. The number of fused-ring (bicyclic) bond motifs is 3. The highest BCUT2D eigenvalue weighted by atomic mass is 16.6. The molecule has 1 aromatic carbocycles. The van der Waals surface area contributed by atoms with Gasteiger partial charge in [-0.3, -0.25) is 4.79 Å². The fraction of sp³-hybridized carbons (Fsp3) is 0.350. The fourth-order valence-electron chi connectivity index (χ4n) is 3.59. The number of hydrogen-bond donors (Lipinski definition) is 2. The van der Waals surface area contributed by atoms with E-state index in [2.05, 4.69) is 9.55 Å². The number of amides is 2. The SMILES string of the molecule is CC(C)(C)OC(=O)N1CC(n2c3ccccc3c3cc(C(N)=O)c(N)nc32)C1. The molecule has 1 fully saturated rings. The van der Waals surface area contributed by atoms with Crippen molar-refractivity contribution < 1.29 is 14.3 Å². The van der Waals surface area contributed by atoms with Gasteiger partial charge in [-0.05, 0) is 32.9 Å². The second kappa shape index (κ2) is 6.12. The Kier molecular flexibility index (Phi) is 3.95. The second-order valence-corrected chi connectivity index (χ2v) is 8.08. The monoisotopic (exact) mass is 381 g/mol. The Bertz CT molecular complexity index is 1110. The van der Waals surface area contributed by atoms with Crippen LogP contribution in [0.5, 0.6) is 0 Å². The summed E-state index contributed by atoms with van der Waals surface area (Å²) in [6.45, 7) is 6.57. The number of anilines is 1. The fourth-order valence-corrected chi connectivity index (χ4v) is 3.59. The van der Waals surface area contributed by atoms with Gasteiger partial charge in [-0.25, -0.2) is 9.78 Å². The number of carbonyl (C=O) groups excluding carboxylic acids is 2. The molecule has 3 aromatic rings. The van der Waals surface area contributed by atoms with Crippen LogP contribution in [-0.2, 0) is 4.74 Å². The van der Waals surface area contributed by atoms with E-state index in [0.717, 1.165) is 16.3 Å². The lowest BCUT2D eigenvalue weighted by Gasteiger charge is -2.40. The lowest BCUT2D eigenvalue weighted by atomic mass is 10.1. The minimum atomic E-state index is -0.608. The van der Waals surface area contributed by atoms with E-state index in [4.69, 9.17) is 16.2 Å². The summed E-state index contributed by atoms with van der Waals surface area (Å²) in [6.07, 6.45) is -0.326. The van der Waals surface area contributed by atoms with Gasteiger partial charge in [-0.2, -0.15) is 0 Å². The summed E-state index contributed by atoms with van der Waals surface area (Å²) < 4.78 is 7.51. The van der Waals surface area contributed by atoms with Crippen molar-refractivity contribution in [3.05, 3.63) is 35.9 Å². The summed E-state index contributed by atoms with van der Waals surface area (Å²) in [4.78, 5) is 30.1. The van der Waals surface area contributed by atoms with Crippen LogP contribution >= 0.6 is 0 Å². The maximum Gasteiger partial charge on any atom is 0.410 e. The maximum absolute atomic E-state index is 12.3. The summed E-state index contributed by atoms with van der Waals surface area (Å²) in [6, 6.07) is 9.58. The first-order valence-corrected chi connectivity index (χ1v) is 9.12. The third-order valence-electron chi connectivity index (χ3n) is 4.86. The molecule has 0 spiro atoms. The van der Waals surface area contributed by atoms with Gasteiger partial charge < -0.3 is 25.7 Å². The standard InChI is InChI=1S/C20H23N5O3/c1-20(2,3)28-19(27)24-9-11(10-24)25-15-7-5-4-6-12(15)13-8-14(17(22)26)16(21)23-18(13)25/h4-8,11H,9-10H2,1-3H3,(H2,21,23)(H2,22,26). The Morgan fingerprint density at radius 2 is 1.86 bits per heavy atom. The third kappa shape index (κ3) is 2.90. The van der Waals surface area contributed by atoms with Gasteiger partial charge in [0.1, 0.15) is 17.1 Å². The molecule has 146 valence electrons. The lowest BCUT2D eigenvalue weighted by Crippen LogP contribution is -2.52. The molecule has 1 saturated heterocycles. The molecule has 2 amide bonds. The number of primary amides is 1. The van der Waals surface area contributed by atoms with Crippen molar-refractivity contribution in [2.24, 2.45) is 5.73 Å². The topological polar surface area (TPSA) is 116 Å². The predicted octanol–water partition coefficient (Wildman–Crippen LogP) is 2.66. The highest BCUT2D eigenvalue weighted by molar-refractivity contribution is 6.10. The number of rotatable bonds is 2. The van der Waals surface area contributed by atoms with Crippen LogP contribution in [0, 0.1) is 0 Å². The molecule has 4 rings (SSSR count). The Hall–Kier alpha value is -3.29. The number of nitrogens with zero attached hydrogens (tertiary/aromatic N) is 3. The summed E-state index contributed by atoms with van der Waals surface area (Å²) in [7, 11) is 0. The molecule has 28 heavy (non-hydrogen) atoms. The first-order valence-electron chi connectivity index (χ1n) is 9.12. The Morgan fingerprint density at radius 3 is 2.50 bits per heavy atom. The second-order valence-electron chi connectivity index (χ2n) is 8.08. The number of para-hydroxylation sites is 1. The highest BCUT2D eigenvalue weighted by Gasteiger charge is 2.36. The van der Waals surface area contributed by atoms with Gasteiger partial charge in [0.2, 0.25) is 0 Å². The number of pyridine rings is 1. The molecule has 0 radical (unpaired) electrons. The summed E-state index contributed by atoms with van der Waals surface area (Å²) in [5.41, 5.74) is 12.7. The van der Waals surface area contributed by atoms with Crippen LogP contribution in [0.25, 0.3) is 21.9 Å². The predicted molar refractivity (Wildman–Crippen MR) is 107 cm³/mol. The van der Waals surface area contributed by atoms with Gasteiger partial charge in [-0.1, -0.05) is 18.2 Å². The number of hydrogen-bond acceptors (Lipinski definition) is 5. The van der Waals surface area contributed by atoms with E-state index < -0.39 is 11.5 Å². The van der Waals surface area contributed by atoms with Gasteiger partial charge in [0, 0.05) is 23.9 Å². The van der Waals surface area contributed by atoms with E-state index in [1.807, 2.05) is 45.0 Å². The zero-order valence-corrected chi connectivity index (χ0v) is 16.1. The maximum atomic E-state index is 12.3. The van der Waals surface area contributed by atoms with Crippen LogP contribution in [0.1, 0.15) is 37.2 Å². The van der Waals surface area contributed by atoms with Crippen molar-refractivity contribution in [1.29, 1.82) is 0 Å². The zero-order valence-electron chi connectivity index (χ0n) is 16.1. The molecule has 4 N–H and O–H groups in total. The van der Waals surface area contributed by atoms with Crippen molar-refractivity contribution >= 4 is 39.8 Å². The molecule has 0 unspecified atom stereocenters. The van der Waals surface area contributed by atoms with Gasteiger partial charge in [0.25, 0.3) is 5.91 Å². The summed E-state index contributed by atoms with van der Waals surface area (Å²) >= 11 is 0. The molecule has 3 heterocycles. The highest BCUT2D eigenvalue weighted by Crippen LogP contribution is 2.35. The van der Waals surface area contributed by atoms with E-state index >= 15 is 0 Å². The average Bonchev–Trinajstić information content (AvgIpc) is 2.85. The van der Waals surface area contributed by atoms with Crippen LogP contribution in [0.4, 0.5) is 10.6 Å². The van der Waals surface area contributed by atoms with E-state index in [1.165, 1.54) is 0 Å². The van der Waals surface area contributed by atoms with Gasteiger partial charge in [0.15, 0.2) is 0 Å². The van der Waals surface area contributed by atoms with E-state index in [0.29, 0.717) is 18.7 Å². The number of nitrogens with two attached hydrogens (primary N) is 2. The minimum absolute atomic E-state index is 0.0428. The molecule has 0 saturated carbocycles. The number of benzene rings is 1. The number of ether oxygens (including phenoxy) is 1. The van der Waals surface area contributed by atoms with Gasteiger partial charge >= 0.3 is 6.09 Å². The van der Waals surface area contributed by atoms with Crippen molar-refractivity contribution in [2.75, 3.05) is 18.8 Å². The zero-order chi connectivity index (χ0) is 20.2. The molecule has 8 nitrogen and oxygen atoms in total. The van der Waals surface area contributed by atoms with Crippen LogP contribution in [0.3, 0.4) is 0 Å². The lowest BCUT2D eigenvalue weighted by molar-refractivity contribution is 0.00194. The Labute approximate surface area is 162 Å². The number of nitrogen functional groups attached to an aromatic ring is 1. The first kappa shape index (κ1) is 18.1. The van der Waals surface area contributed by atoms with Crippen LogP contribution < -0.4 is 11.5 Å². The molecule has 2 aromatic heterocycles. The number of carbonyl (C=O) groups is 2. The largest absolute Gasteiger partial charge is 0.444 e. The minimum Gasteiger partial charge on any atom is -0.444 e. The van der Waals surface area contributed by atoms with E-state index in [9.17, 15) is 9.59 Å². The molecular weight excluding hydrogens is 358 g/mol. The van der Waals surface area contributed by atoms with Crippen molar-refractivity contribution in [3.8, 4) is 0 Å². The quantitative estimate of drug-likeness (QED) is 0.708. The third-order valence-corrected chi connectivity index (χ3v) is 4.86. The Morgan fingerprint density at radius 1 is 1.18 bits per heavy atom.